The van der Waals surface area contributed by atoms with Crippen LogP contribution in [0.3, 0.4) is 0 Å². The molecule has 260 valence electrons. The van der Waals surface area contributed by atoms with E-state index >= 15 is 0 Å². The minimum absolute atomic E-state index is 0.0665. The summed E-state index contributed by atoms with van der Waals surface area (Å²) in [6.45, 7) is 3.95. The molecule has 0 aliphatic heterocycles. The van der Waals surface area contributed by atoms with E-state index in [-0.39, 0.29) is 25.2 Å². The van der Waals surface area contributed by atoms with E-state index in [9.17, 15) is 14.7 Å². The standard InChI is InChI=1S/C40H70O5/c1-3-5-7-9-11-12-13-14-15-16-17-18-19-20-21-22-23-24-25-26-27-28-29-31-33-35-40(43)45-38(36-41)37-44-39(42)34-32-30-10-8-6-4-2/h5,7,11-12,14-15,17-18,38,41H,3-4,6,8-10,13,16,19-37H2,1-2H3/b7-5-,12-11-,15-14-,18-17-. The molecule has 0 rings (SSSR count). The van der Waals surface area contributed by atoms with Crippen LogP contribution in [-0.2, 0) is 19.1 Å². The smallest absolute Gasteiger partial charge is 0.306 e. The van der Waals surface area contributed by atoms with Gasteiger partial charge in [0.1, 0.15) is 6.61 Å². The van der Waals surface area contributed by atoms with Crippen LogP contribution in [0.2, 0.25) is 0 Å². The lowest BCUT2D eigenvalue weighted by Gasteiger charge is -2.15. The van der Waals surface area contributed by atoms with Crippen molar-refractivity contribution in [3.8, 4) is 0 Å². The summed E-state index contributed by atoms with van der Waals surface area (Å²) in [6, 6.07) is 0. The molecular weight excluding hydrogens is 560 g/mol. The van der Waals surface area contributed by atoms with Crippen molar-refractivity contribution in [2.24, 2.45) is 0 Å². The summed E-state index contributed by atoms with van der Waals surface area (Å²) in [5.41, 5.74) is 0. The van der Waals surface area contributed by atoms with Gasteiger partial charge in [0, 0.05) is 12.8 Å². The summed E-state index contributed by atoms with van der Waals surface area (Å²) in [6.07, 6.45) is 44.9. The number of unbranched alkanes of at least 4 members (excludes halogenated alkanes) is 17. The number of esters is 2. The van der Waals surface area contributed by atoms with Gasteiger partial charge in [-0.2, -0.15) is 0 Å². The third-order valence-corrected chi connectivity index (χ3v) is 7.89. The number of aliphatic hydroxyl groups excluding tert-OH is 1. The molecule has 0 saturated heterocycles. The Bertz CT molecular complexity index is 767. The fourth-order valence-electron chi connectivity index (χ4n) is 5.07. The highest BCUT2D eigenvalue weighted by molar-refractivity contribution is 5.70. The maximum absolute atomic E-state index is 12.1. The summed E-state index contributed by atoms with van der Waals surface area (Å²) in [4.78, 5) is 24.0. The zero-order valence-electron chi connectivity index (χ0n) is 29.4. The molecule has 0 aromatic carbocycles. The topological polar surface area (TPSA) is 72.8 Å². The zero-order chi connectivity index (χ0) is 32.9. The van der Waals surface area contributed by atoms with E-state index < -0.39 is 6.10 Å². The minimum atomic E-state index is -0.767. The van der Waals surface area contributed by atoms with Crippen LogP contribution in [0.1, 0.15) is 174 Å². The Morgan fingerprint density at radius 3 is 1.44 bits per heavy atom. The predicted molar refractivity (Wildman–Crippen MR) is 191 cm³/mol. The van der Waals surface area contributed by atoms with Crippen LogP contribution in [0, 0.1) is 0 Å². The number of ether oxygens (including phenoxy) is 2. The average Bonchev–Trinajstić information content (AvgIpc) is 3.04. The van der Waals surface area contributed by atoms with Gasteiger partial charge in [0.25, 0.3) is 0 Å². The Kier molecular flexibility index (Phi) is 34.6. The van der Waals surface area contributed by atoms with Crippen LogP contribution in [0.15, 0.2) is 48.6 Å². The second-order valence-electron chi connectivity index (χ2n) is 12.3. The first kappa shape index (κ1) is 42.9. The lowest BCUT2D eigenvalue weighted by atomic mass is 10.0. The quantitative estimate of drug-likeness (QED) is 0.0444. The predicted octanol–water partition coefficient (Wildman–Crippen LogP) is 11.5. The molecule has 0 amide bonds. The third-order valence-electron chi connectivity index (χ3n) is 7.89. The van der Waals surface area contributed by atoms with E-state index in [0.717, 1.165) is 64.2 Å². The molecular formula is C40H70O5. The van der Waals surface area contributed by atoms with E-state index in [1.165, 1.54) is 83.5 Å². The monoisotopic (exact) mass is 631 g/mol. The van der Waals surface area contributed by atoms with Crippen LogP contribution >= 0.6 is 0 Å². The van der Waals surface area contributed by atoms with Crippen molar-refractivity contribution in [1.29, 1.82) is 0 Å². The molecule has 0 aliphatic rings. The Balaban J connectivity index is 3.49. The van der Waals surface area contributed by atoms with E-state index in [4.69, 9.17) is 9.47 Å². The van der Waals surface area contributed by atoms with Gasteiger partial charge in [-0.25, -0.2) is 0 Å². The van der Waals surface area contributed by atoms with Crippen molar-refractivity contribution >= 4 is 11.9 Å². The molecule has 1 atom stereocenters. The van der Waals surface area contributed by atoms with Crippen molar-refractivity contribution in [3.05, 3.63) is 48.6 Å². The lowest BCUT2D eigenvalue weighted by Crippen LogP contribution is -2.28. The van der Waals surface area contributed by atoms with E-state index in [2.05, 4.69) is 62.5 Å². The number of carbonyl (C=O) groups is 2. The first-order chi connectivity index (χ1) is 22.1. The lowest BCUT2D eigenvalue weighted by molar-refractivity contribution is -0.161. The van der Waals surface area contributed by atoms with Crippen molar-refractivity contribution in [2.45, 2.75) is 180 Å². The SMILES string of the molecule is CC/C=C\C/C=C\C/C=C\C/C=C\CCCCCCCCCCCCCCC(=O)OC(CO)COC(=O)CCCCCCCC. The molecule has 1 N–H and O–H groups in total. The Labute approximate surface area is 278 Å². The van der Waals surface area contributed by atoms with Gasteiger partial charge in [0.15, 0.2) is 6.10 Å². The van der Waals surface area contributed by atoms with Crippen molar-refractivity contribution in [3.63, 3.8) is 0 Å². The van der Waals surface area contributed by atoms with Gasteiger partial charge in [-0.15, -0.1) is 0 Å². The van der Waals surface area contributed by atoms with E-state index in [0.29, 0.717) is 12.8 Å². The van der Waals surface area contributed by atoms with Crippen LogP contribution in [-0.4, -0.2) is 36.4 Å². The zero-order valence-corrected chi connectivity index (χ0v) is 29.4. The number of allylic oxidation sites excluding steroid dienone is 8. The molecule has 1 unspecified atom stereocenters. The third kappa shape index (κ3) is 34.6. The second kappa shape index (κ2) is 36.3. The molecule has 45 heavy (non-hydrogen) atoms. The van der Waals surface area contributed by atoms with Gasteiger partial charge in [-0.3, -0.25) is 9.59 Å². The highest BCUT2D eigenvalue weighted by atomic mass is 16.6. The Morgan fingerprint density at radius 2 is 0.956 bits per heavy atom. The number of carbonyl (C=O) groups excluding carboxylic acids is 2. The number of aliphatic hydroxyl groups is 1. The highest BCUT2D eigenvalue weighted by Crippen LogP contribution is 2.14. The van der Waals surface area contributed by atoms with Gasteiger partial charge in [0.05, 0.1) is 6.61 Å². The van der Waals surface area contributed by atoms with Crippen LogP contribution in [0.4, 0.5) is 0 Å². The summed E-state index contributed by atoms with van der Waals surface area (Å²) >= 11 is 0. The molecule has 0 saturated carbocycles. The minimum Gasteiger partial charge on any atom is -0.462 e. The summed E-state index contributed by atoms with van der Waals surface area (Å²) < 4.78 is 10.5. The molecule has 0 aromatic heterocycles. The molecule has 0 radical (unpaired) electrons. The first-order valence-electron chi connectivity index (χ1n) is 18.7. The fraction of sp³-hybridized carbons (Fsp3) is 0.750. The maximum Gasteiger partial charge on any atom is 0.306 e. The fourth-order valence-corrected chi connectivity index (χ4v) is 5.07. The number of hydrogen-bond acceptors (Lipinski definition) is 5. The maximum atomic E-state index is 12.1. The Hall–Kier alpha value is -2.14. The molecule has 0 fully saturated rings. The van der Waals surface area contributed by atoms with Gasteiger partial charge >= 0.3 is 11.9 Å². The summed E-state index contributed by atoms with van der Waals surface area (Å²) in [5.74, 6) is -0.604. The highest BCUT2D eigenvalue weighted by Gasteiger charge is 2.16. The van der Waals surface area contributed by atoms with Crippen molar-refractivity contribution in [1.82, 2.24) is 0 Å². The molecule has 0 aromatic rings. The van der Waals surface area contributed by atoms with Crippen LogP contribution in [0.5, 0.6) is 0 Å². The molecule has 0 bridgehead atoms. The van der Waals surface area contributed by atoms with E-state index in [1.54, 1.807) is 0 Å². The van der Waals surface area contributed by atoms with Crippen LogP contribution in [0.25, 0.3) is 0 Å². The van der Waals surface area contributed by atoms with Crippen molar-refractivity contribution < 1.29 is 24.2 Å². The molecule has 0 spiro atoms. The molecule has 0 aliphatic carbocycles. The Morgan fingerprint density at radius 1 is 0.533 bits per heavy atom. The van der Waals surface area contributed by atoms with Crippen LogP contribution < -0.4 is 0 Å². The number of hydrogen-bond donors (Lipinski definition) is 1. The van der Waals surface area contributed by atoms with Gasteiger partial charge in [-0.05, 0) is 51.4 Å². The first-order valence-corrected chi connectivity index (χ1v) is 18.7. The average molecular weight is 631 g/mol. The largest absolute Gasteiger partial charge is 0.462 e. The molecule has 5 nitrogen and oxygen atoms in total. The summed E-state index contributed by atoms with van der Waals surface area (Å²) in [7, 11) is 0. The molecule has 0 heterocycles. The van der Waals surface area contributed by atoms with Gasteiger partial charge < -0.3 is 14.6 Å². The second-order valence-corrected chi connectivity index (χ2v) is 12.3. The summed E-state index contributed by atoms with van der Waals surface area (Å²) in [5, 5.41) is 9.47. The normalized spacial score (nSPS) is 12.7. The number of rotatable bonds is 33. The van der Waals surface area contributed by atoms with Gasteiger partial charge in [0.2, 0.25) is 0 Å². The van der Waals surface area contributed by atoms with E-state index in [1.807, 2.05) is 0 Å². The molecule has 5 heteroatoms. The van der Waals surface area contributed by atoms with Gasteiger partial charge in [-0.1, -0.05) is 159 Å². The van der Waals surface area contributed by atoms with Crippen molar-refractivity contribution in [2.75, 3.05) is 13.2 Å².